The van der Waals surface area contributed by atoms with Crippen LogP contribution in [-0.4, -0.2) is 71.6 Å². The predicted molar refractivity (Wildman–Crippen MR) is 493 cm³/mol. The van der Waals surface area contributed by atoms with E-state index in [0.717, 1.165) is 99.5 Å². The van der Waals surface area contributed by atoms with Crippen LogP contribution >= 0.6 is 0 Å². The summed E-state index contributed by atoms with van der Waals surface area (Å²) in [6.07, 6.45) is 8.50. The Hall–Kier alpha value is -9.43. The average molecular weight is 1600 g/mol. The molecule has 1 fully saturated rings. The molecule has 3 aliphatic heterocycles. The molecule has 0 unspecified atom stereocenters. The van der Waals surface area contributed by atoms with Crippen LogP contribution in [0.5, 0.6) is 5.75 Å². The van der Waals surface area contributed by atoms with Crippen LogP contribution in [0.4, 0.5) is 0 Å². The van der Waals surface area contributed by atoms with Gasteiger partial charge in [0, 0.05) is 62.5 Å². The maximum absolute atomic E-state index is 15.1. The second-order valence-electron chi connectivity index (χ2n) is 41.6. The van der Waals surface area contributed by atoms with Gasteiger partial charge in [-0.1, -0.05) is 269 Å². The summed E-state index contributed by atoms with van der Waals surface area (Å²) in [6.45, 7) is 63.3. The van der Waals surface area contributed by atoms with Crippen molar-refractivity contribution in [3.8, 4) is 73.9 Å². The number of hydrogen-bond acceptors (Lipinski definition) is 9. The molecule has 9 aromatic rings. The minimum atomic E-state index is -2.43. The van der Waals surface area contributed by atoms with Gasteiger partial charge in [-0.25, -0.2) is 19.3 Å². The molecule has 0 spiro atoms. The summed E-state index contributed by atoms with van der Waals surface area (Å²) >= 11 is 0. The molecule has 1 saturated heterocycles. The van der Waals surface area contributed by atoms with E-state index >= 15 is 4.79 Å². The lowest BCUT2D eigenvalue weighted by Crippen LogP contribution is -2.45. The van der Waals surface area contributed by atoms with Crippen LogP contribution in [-0.2, 0) is 64.2 Å². The monoisotopic (exact) mass is 1600 g/mol. The number of ether oxygens (including phenoxy) is 3. The Bertz CT molecular complexity index is 5630. The van der Waals surface area contributed by atoms with Gasteiger partial charge in [-0.3, -0.25) is 9.36 Å². The minimum absolute atomic E-state index is 0.00525. The van der Waals surface area contributed by atoms with Gasteiger partial charge in [0.25, 0.3) is 5.56 Å². The summed E-state index contributed by atoms with van der Waals surface area (Å²) in [5.74, 6) is 14.0. The molecule has 8 bridgehead atoms. The first-order valence-electron chi connectivity index (χ1n) is 41.6. The Kier molecular flexibility index (Phi) is 23.8. The predicted octanol–water partition coefficient (Wildman–Crippen LogP) is 24.7. The number of benzene rings is 5. The molecule has 117 heavy (non-hydrogen) atoms. The third-order valence-corrected chi connectivity index (χ3v) is 33.2. The van der Waals surface area contributed by atoms with Crippen molar-refractivity contribution in [1.29, 1.82) is 0 Å². The summed E-state index contributed by atoms with van der Waals surface area (Å²) in [4.78, 5) is 49.9. The van der Waals surface area contributed by atoms with E-state index < -0.39 is 46.3 Å². The van der Waals surface area contributed by atoms with Crippen molar-refractivity contribution >= 4 is 63.0 Å². The highest BCUT2D eigenvalue weighted by Gasteiger charge is 2.46. The van der Waals surface area contributed by atoms with Crippen molar-refractivity contribution in [2.45, 2.75) is 273 Å². The summed E-state index contributed by atoms with van der Waals surface area (Å²) in [7, 11) is -2.94. The maximum atomic E-state index is 15.1. The fourth-order valence-corrected chi connectivity index (χ4v) is 16.6. The summed E-state index contributed by atoms with van der Waals surface area (Å²) in [5.41, 5.74) is 21.4. The second-order valence-corrected chi connectivity index (χ2v) is 51.1. The molecule has 2 N–H and O–H groups in total. The number of H-pyrrole nitrogens is 2. The SMILES string of the molecule is COc1ccc(COCn2c(=O)c(C#Cc3ccc(-c4c5nc(c(-c6cc(C(C)(C)C)cc(C(C)(C)C)c6)c6ccc([nH]6)c(-c6cc(C(C)(C)C)cc(C(C)(C)C)c6)c6nc(c(-c7cc(C(C)(C)C)cc(C(C)(C)C)c7)c7ccc4[nH]7)C=C6)C=C5)cc3)cn([C@H]3C[C@H](O[Si](C)(C)C(C)(C)C)[C@@H](C#CCO[Si](C)(C)C(C)(C)C)O3)c2=O)cc1. The first-order chi connectivity index (χ1) is 54.3. The summed E-state index contributed by atoms with van der Waals surface area (Å²) in [6, 6.07) is 45.8. The van der Waals surface area contributed by atoms with Crippen molar-refractivity contribution in [1.82, 2.24) is 29.1 Å². The number of nitrogens with zero attached hydrogens (tertiary/aromatic N) is 4. The van der Waals surface area contributed by atoms with E-state index in [9.17, 15) is 4.79 Å². The Labute approximate surface area is 698 Å². The highest BCUT2D eigenvalue weighted by molar-refractivity contribution is 6.74. The number of nitrogens with one attached hydrogen (secondary N) is 2. The molecule has 5 aromatic carbocycles. The van der Waals surface area contributed by atoms with Gasteiger partial charge >= 0.3 is 5.69 Å². The van der Waals surface area contributed by atoms with Crippen LogP contribution < -0.4 is 16.0 Å². The highest BCUT2D eigenvalue weighted by Crippen LogP contribution is 2.46. The Balaban J connectivity index is 1.08. The molecule has 0 saturated carbocycles. The lowest BCUT2D eigenvalue weighted by atomic mass is 9.78. The lowest BCUT2D eigenvalue weighted by Gasteiger charge is -2.38. The molecular formula is C102H126N6O7Si2. The van der Waals surface area contributed by atoms with Crippen molar-refractivity contribution in [3.63, 3.8) is 0 Å². The fraction of sp³-hybridized carbons (Fsp3) is 0.431. The van der Waals surface area contributed by atoms with Gasteiger partial charge < -0.3 is 33.0 Å². The van der Waals surface area contributed by atoms with E-state index in [0.29, 0.717) is 17.7 Å². The number of methoxy groups -OCH3 is 1. The van der Waals surface area contributed by atoms with Crippen molar-refractivity contribution in [2.75, 3.05) is 13.7 Å². The van der Waals surface area contributed by atoms with E-state index in [1.165, 1.54) is 44.1 Å². The van der Waals surface area contributed by atoms with Crippen molar-refractivity contribution in [2.24, 2.45) is 0 Å². The number of aromatic nitrogens is 6. The maximum Gasteiger partial charge on any atom is 0.335 e. The largest absolute Gasteiger partial charge is 0.497 e. The van der Waals surface area contributed by atoms with Crippen LogP contribution in [0, 0.1) is 23.7 Å². The molecule has 0 aliphatic carbocycles. The van der Waals surface area contributed by atoms with Crippen LogP contribution in [0.1, 0.15) is 252 Å². The van der Waals surface area contributed by atoms with E-state index in [1.807, 2.05) is 36.4 Å². The molecule has 3 aliphatic rings. The average Bonchev–Trinajstić information content (AvgIpc) is 1.73. The van der Waals surface area contributed by atoms with Gasteiger partial charge in [-0.05, 0) is 203 Å². The second kappa shape index (κ2) is 32.0. The zero-order valence-electron chi connectivity index (χ0n) is 75.2. The molecule has 3 atom stereocenters. The first kappa shape index (κ1) is 86.9. The van der Waals surface area contributed by atoms with Gasteiger partial charge in [-0.15, -0.1) is 0 Å². The molecule has 12 rings (SSSR count). The van der Waals surface area contributed by atoms with E-state index in [2.05, 4.69) is 341 Å². The van der Waals surface area contributed by atoms with Crippen LogP contribution in [0.25, 0.3) is 90.9 Å². The minimum Gasteiger partial charge on any atom is -0.497 e. The van der Waals surface area contributed by atoms with Gasteiger partial charge in [0.1, 0.15) is 30.4 Å². The molecule has 0 amide bonds. The number of hydrogen-bond donors (Lipinski definition) is 2. The molecular weight excluding hydrogens is 1480 g/mol. The number of fused-ring (bicyclic) bond motifs is 8. The molecule has 13 nitrogen and oxygen atoms in total. The molecule has 15 heteroatoms. The number of aromatic amines is 2. The zero-order valence-corrected chi connectivity index (χ0v) is 77.2. The van der Waals surface area contributed by atoms with Crippen LogP contribution in [0.2, 0.25) is 36.3 Å². The smallest absolute Gasteiger partial charge is 0.335 e. The quantitative estimate of drug-likeness (QED) is 0.0802. The zero-order chi connectivity index (χ0) is 85.5. The van der Waals surface area contributed by atoms with E-state index in [4.69, 9.17) is 33.0 Å². The Morgan fingerprint density at radius 1 is 0.479 bits per heavy atom. The van der Waals surface area contributed by atoms with E-state index in [-0.39, 0.29) is 68.1 Å². The standard InChI is InChI=1S/C102H126N6O7Si2/c1-95(2,3)71-51-68(52-72(57-71)96(4,5)6)90-80-44-42-78(103-80)89(79-43-45-81(104-79)91(69-53-73(97(7,8)9)58-74(54-69)98(10,11)12)83-47-49-85(106-83)92(84-48-46-82(90)105-84)70-55-75(99(13,14)15)59-76(56-70)100(16,17)18)66-37-32-64(33-38-66)34-39-67-61-107(94(110)108(93(67)109)63-112-62-65-35-40-77(111-25)41-36-65)88-60-87(115-117(28,29)102(22,23)24)86(114-88)31-30-50-113-116(26,27)101(19,20)21/h32-33,35-38,40-49,51-59,61,86-88,103,106H,50,60,62-63H2,1-29H3/t86-,87+,88-/m1/s1. The first-order valence-corrected chi connectivity index (χ1v) is 47.4. The highest BCUT2D eigenvalue weighted by atomic mass is 28.4. The summed E-state index contributed by atoms with van der Waals surface area (Å²) < 4.78 is 34.7. The van der Waals surface area contributed by atoms with E-state index in [1.54, 1.807) is 7.11 Å². The Morgan fingerprint density at radius 2 is 0.863 bits per heavy atom. The Morgan fingerprint density at radius 3 is 1.23 bits per heavy atom. The van der Waals surface area contributed by atoms with Crippen molar-refractivity contribution in [3.05, 3.63) is 227 Å². The lowest BCUT2D eigenvalue weighted by molar-refractivity contribution is 0.00692. The van der Waals surface area contributed by atoms with Crippen LogP contribution in [0.15, 0.2) is 143 Å². The topological polar surface area (TPSA) is 148 Å². The third kappa shape index (κ3) is 19.2. The van der Waals surface area contributed by atoms with Crippen molar-refractivity contribution < 1.29 is 23.1 Å². The normalized spacial score (nSPS) is 15.8. The molecule has 0 radical (unpaired) electrons. The van der Waals surface area contributed by atoms with Gasteiger partial charge in [-0.2, -0.15) is 0 Å². The number of rotatable bonds is 14. The van der Waals surface area contributed by atoms with Crippen LogP contribution in [0.3, 0.4) is 0 Å². The summed E-state index contributed by atoms with van der Waals surface area (Å²) in [5, 5.41) is -0.141. The van der Waals surface area contributed by atoms with Gasteiger partial charge in [0.15, 0.2) is 16.6 Å². The molecule has 614 valence electrons. The third-order valence-electron chi connectivity index (χ3n) is 24.2. The van der Waals surface area contributed by atoms with Gasteiger partial charge in [0.05, 0.1) is 49.2 Å². The van der Waals surface area contributed by atoms with Gasteiger partial charge in [0.2, 0.25) is 0 Å². The molecule has 4 aromatic heterocycles. The molecule has 7 heterocycles. The fourth-order valence-electron chi connectivity index (χ4n) is 14.4.